The van der Waals surface area contributed by atoms with Crippen LogP contribution in [-0.2, 0) is 0 Å². The van der Waals surface area contributed by atoms with Gasteiger partial charge in [-0.3, -0.25) is 10.1 Å². The molecule has 0 aliphatic rings. The highest BCUT2D eigenvalue weighted by Crippen LogP contribution is 2.27. The molecule has 0 aliphatic carbocycles. The number of benzene rings is 1. The average Bonchev–Trinajstić information content (AvgIpc) is 2.14. The summed E-state index contributed by atoms with van der Waals surface area (Å²) in [6.07, 6.45) is 0. The van der Waals surface area contributed by atoms with Crippen LogP contribution in [0.5, 0.6) is 0 Å². The summed E-state index contributed by atoms with van der Waals surface area (Å²) in [4.78, 5) is 10.2. The van der Waals surface area contributed by atoms with Gasteiger partial charge in [0.2, 0.25) is 0 Å². The highest BCUT2D eigenvalue weighted by Gasteiger charge is 2.13. The largest absolute Gasteiger partial charge is 0.374 e. The Hall–Kier alpha value is -1.26. The minimum atomic E-state index is -0.490. The summed E-state index contributed by atoms with van der Waals surface area (Å²) in [5.74, 6) is 0. The Labute approximate surface area is 96.6 Å². The third kappa shape index (κ3) is 3.42. The molecule has 0 atom stereocenters. The van der Waals surface area contributed by atoms with Crippen molar-refractivity contribution in [2.75, 3.05) is 11.9 Å². The van der Waals surface area contributed by atoms with Crippen molar-refractivity contribution in [3.63, 3.8) is 0 Å². The number of halogens is 2. The number of hydrogen-bond acceptors (Lipinski definition) is 3. The normalized spacial score (nSPS) is 9.73. The van der Waals surface area contributed by atoms with Gasteiger partial charge in [0.05, 0.1) is 11.5 Å². The van der Waals surface area contributed by atoms with E-state index in [0.717, 1.165) is 0 Å². The molecule has 0 bridgehead atoms. The quantitative estimate of drug-likeness (QED) is 0.655. The maximum Gasteiger partial charge on any atom is 0.292 e. The smallest absolute Gasteiger partial charge is 0.292 e. The van der Waals surface area contributed by atoms with Crippen LogP contribution in [0.15, 0.2) is 29.8 Å². The molecule has 6 heteroatoms. The lowest BCUT2D eigenvalue weighted by Gasteiger charge is -2.05. The zero-order chi connectivity index (χ0) is 11.4. The van der Waals surface area contributed by atoms with Gasteiger partial charge >= 0.3 is 0 Å². The first kappa shape index (κ1) is 11.8. The van der Waals surface area contributed by atoms with Crippen molar-refractivity contribution in [3.8, 4) is 0 Å². The average molecular weight is 247 g/mol. The molecule has 0 saturated heterocycles. The van der Waals surface area contributed by atoms with Crippen LogP contribution >= 0.6 is 23.2 Å². The fourth-order valence-corrected chi connectivity index (χ4v) is 1.24. The van der Waals surface area contributed by atoms with Crippen molar-refractivity contribution in [1.29, 1.82) is 0 Å². The van der Waals surface area contributed by atoms with Gasteiger partial charge in [0.15, 0.2) is 0 Å². The molecule has 0 radical (unpaired) electrons. The van der Waals surface area contributed by atoms with Crippen molar-refractivity contribution in [2.24, 2.45) is 0 Å². The Morgan fingerprint density at radius 1 is 1.60 bits per heavy atom. The van der Waals surface area contributed by atoms with Crippen LogP contribution in [0.3, 0.4) is 0 Å². The first-order valence-electron chi connectivity index (χ1n) is 4.02. The number of nitrogens with one attached hydrogen (secondary N) is 1. The van der Waals surface area contributed by atoms with Crippen molar-refractivity contribution in [1.82, 2.24) is 0 Å². The molecule has 15 heavy (non-hydrogen) atoms. The third-order valence-electron chi connectivity index (χ3n) is 1.63. The van der Waals surface area contributed by atoms with E-state index in [1.165, 1.54) is 18.2 Å². The molecule has 0 amide bonds. The van der Waals surface area contributed by atoms with Crippen molar-refractivity contribution in [3.05, 3.63) is 44.9 Å². The lowest BCUT2D eigenvalue weighted by atomic mass is 10.2. The van der Waals surface area contributed by atoms with Gasteiger partial charge in [-0.2, -0.15) is 0 Å². The predicted molar refractivity (Wildman–Crippen MR) is 61.6 cm³/mol. The fraction of sp³-hybridized carbons (Fsp3) is 0.111. The molecular formula is C9H8Cl2N2O2. The zero-order valence-corrected chi connectivity index (χ0v) is 9.18. The van der Waals surface area contributed by atoms with Gasteiger partial charge in [-0.25, -0.2) is 0 Å². The first-order chi connectivity index (χ1) is 7.00. The molecule has 4 nitrogen and oxygen atoms in total. The molecule has 0 saturated carbocycles. The van der Waals surface area contributed by atoms with E-state index in [9.17, 15) is 10.1 Å². The summed E-state index contributed by atoms with van der Waals surface area (Å²) >= 11 is 11.3. The number of nitro groups is 1. The van der Waals surface area contributed by atoms with Gasteiger partial charge in [0.1, 0.15) is 5.69 Å². The van der Waals surface area contributed by atoms with E-state index in [4.69, 9.17) is 23.2 Å². The van der Waals surface area contributed by atoms with Gasteiger partial charge in [-0.05, 0) is 12.1 Å². The van der Waals surface area contributed by atoms with Gasteiger partial charge < -0.3 is 5.32 Å². The summed E-state index contributed by atoms with van der Waals surface area (Å²) in [6.45, 7) is 3.72. The fourth-order valence-electron chi connectivity index (χ4n) is 1.00. The number of hydrogen-bond donors (Lipinski definition) is 1. The molecule has 0 aromatic heterocycles. The Morgan fingerprint density at radius 3 is 2.80 bits per heavy atom. The monoisotopic (exact) mass is 246 g/mol. The van der Waals surface area contributed by atoms with Gasteiger partial charge in [-0.15, -0.1) is 0 Å². The van der Waals surface area contributed by atoms with Crippen molar-refractivity contribution in [2.45, 2.75) is 0 Å². The van der Waals surface area contributed by atoms with Crippen LogP contribution in [0.4, 0.5) is 11.4 Å². The second-order valence-corrected chi connectivity index (χ2v) is 3.76. The van der Waals surface area contributed by atoms with Gasteiger partial charge in [-0.1, -0.05) is 29.8 Å². The summed E-state index contributed by atoms with van der Waals surface area (Å²) < 4.78 is 0. The maximum absolute atomic E-state index is 10.6. The van der Waals surface area contributed by atoms with E-state index in [0.29, 0.717) is 15.7 Å². The van der Waals surface area contributed by atoms with E-state index < -0.39 is 4.92 Å². The predicted octanol–water partition coefficient (Wildman–Crippen LogP) is 3.41. The molecule has 0 aliphatic heterocycles. The SMILES string of the molecule is C=C(Cl)CNc1cc(Cl)ccc1[N+](=O)[O-]. The Balaban J connectivity index is 2.96. The van der Waals surface area contributed by atoms with Crippen LogP contribution in [0, 0.1) is 10.1 Å². The topological polar surface area (TPSA) is 55.2 Å². The summed E-state index contributed by atoms with van der Waals surface area (Å²) in [5.41, 5.74) is 0.284. The van der Waals surface area contributed by atoms with Gasteiger partial charge in [0, 0.05) is 16.1 Å². The van der Waals surface area contributed by atoms with E-state index in [1.807, 2.05) is 0 Å². The zero-order valence-electron chi connectivity index (χ0n) is 7.67. The van der Waals surface area contributed by atoms with E-state index in [-0.39, 0.29) is 12.2 Å². The minimum Gasteiger partial charge on any atom is -0.374 e. The van der Waals surface area contributed by atoms with Crippen LogP contribution in [0.1, 0.15) is 0 Å². The first-order valence-corrected chi connectivity index (χ1v) is 4.77. The van der Waals surface area contributed by atoms with E-state index in [1.54, 1.807) is 0 Å². The molecule has 0 fully saturated rings. The summed E-state index contributed by atoms with van der Waals surface area (Å²) in [7, 11) is 0. The molecule has 80 valence electrons. The molecule has 0 heterocycles. The van der Waals surface area contributed by atoms with E-state index in [2.05, 4.69) is 11.9 Å². The summed E-state index contributed by atoms with van der Waals surface area (Å²) in [5, 5.41) is 14.2. The Kier molecular flexibility index (Phi) is 3.94. The van der Waals surface area contributed by atoms with Crippen molar-refractivity contribution >= 4 is 34.6 Å². The number of anilines is 1. The Bertz CT molecular complexity index is 407. The van der Waals surface area contributed by atoms with Crippen LogP contribution < -0.4 is 5.32 Å². The molecule has 0 unspecified atom stereocenters. The number of nitro benzene ring substituents is 1. The highest BCUT2D eigenvalue weighted by molar-refractivity contribution is 6.31. The van der Waals surface area contributed by atoms with Gasteiger partial charge in [0.25, 0.3) is 5.69 Å². The molecular weight excluding hydrogens is 239 g/mol. The lowest BCUT2D eigenvalue weighted by molar-refractivity contribution is -0.383. The van der Waals surface area contributed by atoms with Crippen LogP contribution in [-0.4, -0.2) is 11.5 Å². The van der Waals surface area contributed by atoms with Crippen molar-refractivity contribution < 1.29 is 4.92 Å². The second kappa shape index (κ2) is 5.00. The molecule has 1 aromatic carbocycles. The second-order valence-electron chi connectivity index (χ2n) is 2.79. The molecule has 1 N–H and O–H groups in total. The summed E-state index contributed by atoms with van der Waals surface area (Å²) in [6, 6.07) is 4.27. The number of rotatable bonds is 4. The Morgan fingerprint density at radius 2 is 2.27 bits per heavy atom. The lowest BCUT2D eigenvalue weighted by Crippen LogP contribution is -2.03. The van der Waals surface area contributed by atoms with Crippen LogP contribution in [0.25, 0.3) is 0 Å². The van der Waals surface area contributed by atoms with E-state index >= 15 is 0 Å². The standard InChI is InChI=1S/C9H8Cl2N2O2/c1-6(10)5-12-8-4-7(11)2-3-9(8)13(14)15/h2-4,12H,1,5H2. The molecule has 1 aromatic rings. The highest BCUT2D eigenvalue weighted by atomic mass is 35.5. The minimum absolute atomic E-state index is 0.0442. The maximum atomic E-state index is 10.6. The van der Waals surface area contributed by atoms with Crippen LogP contribution in [0.2, 0.25) is 5.02 Å². The molecule has 0 spiro atoms. The third-order valence-corrected chi connectivity index (χ3v) is 1.99. The number of nitrogens with zero attached hydrogens (tertiary/aromatic N) is 1. The molecule has 1 rings (SSSR count).